The van der Waals surface area contributed by atoms with Gasteiger partial charge in [-0.3, -0.25) is 14.8 Å². The number of carbonyl (C=O) groups is 1. The van der Waals surface area contributed by atoms with Crippen LogP contribution in [0.3, 0.4) is 0 Å². The summed E-state index contributed by atoms with van der Waals surface area (Å²) in [5.41, 5.74) is 10.3. The lowest BCUT2D eigenvalue weighted by molar-refractivity contribution is -0.385. The molecule has 5 N–H and O–H groups in total. The van der Waals surface area contributed by atoms with E-state index in [1.807, 2.05) is 0 Å². The highest BCUT2D eigenvalue weighted by Gasteiger charge is 2.21. The Bertz CT molecular complexity index is 1250. The molecule has 0 aliphatic heterocycles. The minimum absolute atomic E-state index is 0.00741. The molecular formula is C17H15N7O6S. The van der Waals surface area contributed by atoms with Crippen molar-refractivity contribution in [2.45, 2.75) is 11.5 Å². The van der Waals surface area contributed by atoms with Crippen molar-refractivity contribution in [1.82, 2.24) is 15.0 Å². The van der Waals surface area contributed by atoms with Gasteiger partial charge in [-0.2, -0.15) is 15.0 Å². The van der Waals surface area contributed by atoms with E-state index in [1.54, 1.807) is 0 Å². The number of non-ortho nitro benzene ring substituents is 1. The van der Waals surface area contributed by atoms with E-state index in [1.165, 1.54) is 36.4 Å². The number of carbonyl (C=O) groups excluding carboxylic acids is 1. The number of rotatable bonds is 7. The fraction of sp³-hybridized carbons (Fsp3) is 0.0588. The molecule has 13 nitrogen and oxygen atoms in total. The molecule has 0 radical (unpaired) electrons. The van der Waals surface area contributed by atoms with Crippen molar-refractivity contribution in [2.75, 3.05) is 16.2 Å². The van der Waals surface area contributed by atoms with E-state index in [4.69, 9.17) is 16.2 Å². The predicted octanol–water partition coefficient (Wildman–Crippen LogP) is 1.10. The van der Waals surface area contributed by atoms with Crippen molar-refractivity contribution >= 4 is 39.3 Å². The molecule has 0 aliphatic rings. The van der Waals surface area contributed by atoms with E-state index in [9.17, 15) is 23.3 Å². The third-order valence-electron chi connectivity index (χ3n) is 3.78. The molecule has 1 aromatic heterocycles. The Labute approximate surface area is 175 Å². The Kier molecular flexibility index (Phi) is 5.92. The van der Waals surface area contributed by atoms with Gasteiger partial charge in [0.05, 0.1) is 21.1 Å². The number of benzene rings is 2. The van der Waals surface area contributed by atoms with Crippen molar-refractivity contribution in [2.24, 2.45) is 0 Å². The zero-order valence-corrected chi connectivity index (χ0v) is 16.4. The number of nitrogens with two attached hydrogens (primary N) is 2. The molecule has 160 valence electrons. The van der Waals surface area contributed by atoms with E-state index in [0.29, 0.717) is 0 Å². The lowest BCUT2D eigenvalue weighted by atomic mass is 10.2. The number of nitrogens with zero attached hydrogens (tertiary/aromatic N) is 4. The molecule has 0 spiro atoms. The van der Waals surface area contributed by atoms with Gasteiger partial charge in [-0.15, -0.1) is 0 Å². The topological polar surface area (TPSA) is 206 Å². The number of nitro groups is 1. The summed E-state index contributed by atoms with van der Waals surface area (Å²) in [6.07, 6.45) is 0. The summed E-state index contributed by atoms with van der Waals surface area (Å²) in [7, 11) is -4.23. The van der Waals surface area contributed by atoms with Gasteiger partial charge in [0.15, 0.2) is 12.4 Å². The molecule has 0 amide bonds. The zero-order chi connectivity index (χ0) is 22.6. The molecule has 0 fully saturated rings. The SMILES string of the molecule is Nc1nc(N)nc(COC(=O)c2ccccc2NS(=O)(=O)c2cccc([N+](=O)[O-])c2)n1. The number of nitrogen functional groups attached to an aromatic ring is 2. The summed E-state index contributed by atoms with van der Waals surface area (Å²) in [4.78, 5) is 33.5. The number of aromatic nitrogens is 3. The minimum Gasteiger partial charge on any atom is -0.454 e. The van der Waals surface area contributed by atoms with Crippen LogP contribution < -0.4 is 16.2 Å². The third kappa shape index (κ3) is 5.18. The van der Waals surface area contributed by atoms with Crippen molar-refractivity contribution in [3.63, 3.8) is 0 Å². The molecule has 0 bridgehead atoms. The molecule has 0 aliphatic carbocycles. The van der Waals surface area contributed by atoms with Gasteiger partial charge in [0, 0.05) is 12.1 Å². The van der Waals surface area contributed by atoms with Gasteiger partial charge in [-0.25, -0.2) is 13.2 Å². The van der Waals surface area contributed by atoms with Crippen LogP contribution in [0.2, 0.25) is 0 Å². The second-order valence-corrected chi connectivity index (χ2v) is 7.63. The zero-order valence-electron chi connectivity index (χ0n) is 15.6. The normalized spacial score (nSPS) is 11.0. The van der Waals surface area contributed by atoms with Gasteiger partial charge >= 0.3 is 5.97 Å². The Morgan fingerprint density at radius 1 is 1.06 bits per heavy atom. The second-order valence-electron chi connectivity index (χ2n) is 5.95. The van der Waals surface area contributed by atoms with Crippen LogP contribution >= 0.6 is 0 Å². The first kappa shape index (κ1) is 21.4. The predicted molar refractivity (Wildman–Crippen MR) is 108 cm³/mol. The summed E-state index contributed by atoms with van der Waals surface area (Å²) < 4.78 is 32.7. The molecule has 1 heterocycles. The lowest BCUT2D eigenvalue weighted by Gasteiger charge is -2.12. The van der Waals surface area contributed by atoms with Crippen molar-refractivity contribution in [3.8, 4) is 0 Å². The standard InChI is InChI=1S/C17H15N7O6S/c18-16-20-14(21-17(19)22-16)9-30-15(25)12-6-1-2-7-13(12)23-31(28,29)11-5-3-4-10(8-11)24(26)27/h1-8,23H,9H2,(H4,18,19,20,21,22). The maximum absolute atomic E-state index is 12.7. The first-order valence-corrected chi connectivity index (χ1v) is 9.93. The molecule has 0 saturated heterocycles. The molecule has 0 unspecified atom stereocenters. The number of ether oxygens (including phenoxy) is 1. The van der Waals surface area contributed by atoms with E-state index < -0.39 is 26.6 Å². The second kappa shape index (κ2) is 8.58. The smallest absolute Gasteiger partial charge is 0.340 e. The Hall–Kier alpha value is -4.33. The number of nitrogens with one attached hydrogen (secondary N) is 1. The van der Waals surface area contributed by atoms with Crippen molar-refractivity contribution in [1.29, 1.82) is 0 Å². The average Bonchev–Trinajstić information content (AvgIpc) is 2.71. The van der Waals surface area contributed by atoms with Gasteiger partial charge < -0.3 is 16.2 Å². The van der Waals surface area contributed by atoms with Crippen LogP contribution in [0.4, 0.5) is 23.3 Å². The molecule has 31 heavy (non-hydrogen) atoms. The fourth-order valence-corrected chi connectivity index (χ4v) is 3.57. The van der Waals surface area contributed by atoms with E-state index >= 15 is 0 Å². The van der Waals surface area contributed by atoms with Gasteiger partial charge in [-0.05, 0) is 18.2 Å². The first-order chi connectivity index (χ1) is 14.7. The maximum atomic E-state index is 12.7. The molecule has 3 aromatic rings. The highest BCUT2D eigenvalue weighted by atomic mass is 32.2. The number of nitro benzene ring substituents is 1. The largest absolute Gasteiger partial charge is 0.454 e. The average molecular weight is 445 g/mol. The monoisotopic (exact) mass is 445 g/mol. The van der Waals surface area contributed by atoms with Crippen LogP contribution in [0.5, 0.6) is 0 Å². The van der Waals surface area contributed by atoms with Crippen LogP contribution in [0.1, 0.15) is 16.2 Å². The molecule has 14 heteroatoms. The van der Waals surface area contributed by atoms with Crippen LogP contribution in [0, 0.1) is 10.1 Å². The van der Waals surface area contributed by atoms with Crippen LogP contribution in [0.25, 0.3) is 0 Å². The molecule has 0 atom stereocenters. The minimum atomic E-state index is -4.23. The number of para-hydroxylation sites is 1. The molecular weight excluding hydrogens is 430 g/mol. The lowest BCUT2D eigenvalue weighted by Crippen LogP contribution is -2.17. The van der Waals surface area contributed by atoms with Crippen LogP contribution in [-0.4, -0.2) is 34.3 Å². The summed E-state index contributed by atoms with van der Waals surface area (Å²) >= 11 is 0. The third-order valence-corrected chi connectivity index (χ3v) is 5.14. The highest BCUT2D eigenvalue weighted by molar-refractivity contribution is 7.92. The van der Waals surface area contributed by atoms with Gasteiger partial charge in [-0.1, -0.05) is 18.2 Å². The first-order valence-electron chi connectivity index (χ1n) is 8.45. The van der Waals surface area contributed by atoms with E-state index in [2.05, 4.69) is 19.7 Å². The van der Waals surface area contributed by atoms with Crippen molar-refractivity contribution in [3.05, 3.63) is 70.0 Å². The van der Waals surface area contributed by atoms with Gasteiger partial charge in [0.1, 0.15) is 0 Å². The number of hydrogen-bond donors (Lipinski definition) is 3. The van der Waals surface area contributed by atoms with Gasteiger partial charge in [0.2, 0.25) is 11.9 Å². The molecule has 3 rings (SSSR count). The Morgan fingerprint density at radius 3 is 2.42 bits per heavy atom. The van der Waals surface area contributed by atoms with E-state index in [0.717, 1.165) is 12.1 Å². The molecule has 0 saturated carbocycles. The maximum Gasteiger partial charge on any atom is 0.340 e. The number of esters is 1. The van der Waals surface area contributed by atoms with Crippen LogP contribution in [0.15, 0.2) is 53.4 Å². The van der Waals surface area contributed by atoms with E-state index in [-0.39, 0.29) is 40.5 Å². The number of hydrogen-bond acceptors (Lipinski definition) is 11. The summed E-state index contributed by atoms with van der Waals surface area (Å²) in [5, 5.41) is 10.9. The fourth-order valence-electron chi connectivity index (χ4n) is 2.45. The van der Waals surface area contributed by atoms with Crippen LogP contribution in [-0.2, 0) is 21.4 Å². The highest BCUT2D eigenvalue weighted by Crippen LogP contribution is 2.23. The number of anilines is 3. The Balaban J connectivity index is 1.82. The summed E-state index contributed by atoms with van der Waals surface area (Å²) in [5.74, 6) is -1.17. The summed E-state index contributed by atoms with van der Waals surface area (Å²) in [6.45, 7) is -0.387. The quantitative estimate of drug-likeness (QED) is 0.266. The van der Waals surface area contributed by atoms with Crippen molar-refractivity contribution < 1.29 is 22.9 Å². The molecule has 2 aromatic carbocycles. The Morgan fingerprint density at radius 2 is 1.74 bits per heavy atom. The number of sulfonamides is 1. The van der Waals surface area contributed by atoms with Gasteiger partial charge in [0.25, 0.3) is 15.7 Å². The summed E-state index contributed by atoms with van der Waals surface area (Å²) in [6, 6.07) is 10.2.